The SMILES string of the molecule is Cc1ccc([N+](=O)[O-])c(C(=O)NC(C)C#N)c1. The molecule has 6 heteroatoms. The van der Waals surface area contributed by atoms with Crippen molar-refractivity contribution in [2.75, 3.05) is 0 Å². The van der Waals surface area contributed by atoms with Gasteiger partial charge < -0.3 is 5.32 Å². The van der Waals surface area contributed by atoms with Crippen molar-refractivity contribution in [2.24, 2.45) is 0 Å². The Labute approximate surface area is 98.0 Å². The van der Waals surface area contributed by atoms with E-state index in [2.05, 4.69) is 5.32 Å². The molecule has 0 heterocycles. The van der Waals surface area contributed by atoms with Crippen molar-refractivity contribution in [1.82, 2.24) is 5.32 Å². The van der Waals surface area contributed by atoms with E-state index in [-0.39, 0.29) is 11.3 Å². The fourth-order valence-electron chi connectivity index (χ4n) is 1.30. The van der Waals surface area contributed by atoms with Gasteiger partial charge in [0.1, 0.15) is 11.6 Å². The van der Waals surface area contributed by atoms with Crippen LogP contribution in [0, 0.1) is 28.4 Å². The predicted octanol–water partition coefficient (Wildman–Crippen LogP) is 1.55. The summed E-state index contributed by atoms with van der Waals surface area (Å²) in [4.78, 5) is 21.9. The molecule has 1 rings (SSSR count). The molecule has 6 nitrogen and oxygen atoms in total. The van der Waals surface area contributed by atoms with Gasteiger partial charge in [-0.15, -0.1) is 0 Å². The lowest BCUT2D eigenvalue weighted by atomic mass is 10.1. The third kappa shape index (κ3) is 3.01. The number of carbonyl (C=O) groups is 1. The summed E-state index contributed by atoms with van der Waals surface area (Å²) in [5, 5.41) is 21.7. The summed E-state index contributed by atoms with van der Waals surface area (Å²) in [6.45, 7) is 3.23. The Morgan fingerprint density at radius 3 is 2.76 bits per heavy atom. The second-order valence-corrected chi connectivity index (χ2v) is 3.60. The van der Waals surface area contributed by atoms with Crippen LogP contribution in [0.3, 0.4) is 0 Å². The van der Waals surface area contributed by atoms with Crippen LogP contribution in [0.2, 0.25) is 0 Å². The summed E-state index contributed by atoms with van der Waals surface area (Å²) in [7, 11) is 0. The number of hydrogen-bond acceptors (Lipinski definition) is 4. The van der Waals surface area contributed by atoms with Crippen molar-refractivity contribution in [3.8, 4) is 6.07 Å². The van der Waals surface area contributed by atoms with Gasteiger partial charge in [0.25, 0.3) is 11.6 Å². The second-order valence-electron chi connectivity index (χ2n) is 3.60. The van der Waals surface area contributed by atoms with Gasteiger partial charge in [0, 0.05) is 6.07 Å². The number of carbonyl (C=O) groups excluding carboxylic acids is 1. The molecule has 0 aliphatic carbocycles. The highest BCUT2D eigenvalue weighted by molar-refractivity contribution is 5.98. The van der Waals surface area contributed by atoms with Gasteiger partial charge in [-0.05, 0) is 25.5 Å². The van der Waals surface area contributed by atoms with E-state index in [1.165, 1.54) is 19.1 Å². The Morgan fingerprint density at radius 2 is 2.24 bits per heavy atom. The maximum Gasteiger partial charge on any atom is 0.282 e. The van der Waals surface area contributed by atoms with E-state index in [0.29, 0.717) is 0 Å². The average molecular weight is 233 g/mol. The molecule has 88 valence electrons. The van der Waals surface area contributed by atoms with Crippen LogP contribution in [0.25, 0.3) is 0 Å². The highest BCUT2D eigenvalue weighted by atomic mass is 16.6. The number of nitrogens with zero attached hydrogens (tertiary/aromatic N) is 2. The van der Waals surface area contributed by atoms with E-state index < -0.39 is 16.9 Å². The number of nitro benzene ring substituents is 1. The number of hydrogen-bond donors (Lipinski definition) is 1. The molecule has 0 fully saturated rings. The molecule has 1 aromatic carbocycles. The van der Waals surface area contributed by atoms with Gasteiger partial charge in [0.05, 0.1) is 11.0 Å². The second kappa shape index (κ2) is 5.07. The van der Waals surface area contributed by atoms with Gasteiger partial charge >= 0.3 is 0 Å². The van der Waals surface area contributed by atoms with Gasteiger partial charge in [-0.3, -0.25) is 14.9 Å². The van der Waals surface area contributed by atoms with E-state index in [4.69, 9.17) is 5.26 Å². The fraction of sp³-hybridized carbons (Fsp3) is 0.273. The number of nitro groups is 1. The molecular weight excluding hydrogens is 222 g/mol. The molecule has 1 amide bonds. The molecule has 0 spiro atoms. The first-order valence-electron chi connectivity index (χ1n) is 4.91. The van der Waals surface area contributed by atoms with Gasteiger partial charge in [-0.2, -0.15) is 5.26 Å². The number of rotatable bonds is 3. The number of nitrogens with one attached hydrogen (secondary N) is 1. The van der Waals surface area contributed by atoms with Crippen molar-refractivity contribution in [3.05, 3.63) is 39.4 Å². The Kier molecular flexibility index (Phi) is 3.78. The van der Waals surface area contributed by atoms with E-state index in [1.807, 2.05) is 6.07 Å². The Hall–Kier alpha value is -2.42. The zero-order chi connectivity index (χ0) is 13.0. The summed E-state index contributed by atoms with van der Waals surface area (Å²) in [5.41, 5.74) is 0.445. The quantitative estimate of drug-likeness (QED) is 0.632. The van der Waals surface area contributed by atoms with Gasteiger partial charge in [-0.1, -0.05) is 6.07 Å². The maximum atomic E-state index is 11.7. The first-order chi connectivity index (χ1) is 7.95. The smallest absolute Gasteiger partial charge is 0.282 e. The lowest BCUT2D eigenvalue weighted by molar-refractivity contribution is -0.385. The molecule has 0 aliphatic heterocycles. The molecule has 0 saturated carbocycles. The molecule has 0 radical (unpaired) electrons. The molecule has 0 aliphatic rings. The fourth-order valence-corrected chi connectivity index (χ4v) is 1.30. The Balaban J connectivity index is 3.12. The van der Waals surface area contributed by atoms with Crippen LogP contribution in [0.15, 0.2) is 18.2 Å². The average Bonchev–Trinajstić information content (AvgIpc) is 2.28. The molecule has 17 heavy (non-hydrogen) atoms. The number of amides is 1. The molecule has 0 aromatic heterocycles. The lowest BCUT2D eigenvalue weighted by Gasteiger charge is -2.07. The molecule has 0 saturated heterocycles. The van der Waals surface area contributed by atoms with Crippen molar-refractivity contribution in [1.29, 1.82) is 5.26 Å². The standard InChI is InChI=1S/C11H11N3O3/c1-7-3-4-10(14(16)17)9(5-7)11(15)13-8(2)6-12/h3-5,8H,1-2H3,(H,13,15). The van der Waals surface area contributed by atoms with Crippen LogP contribution in [0.1, 0.15) is 22.8 Å². The zero-order valence-corrected chi connectivity index (χ0v) is 9.43. The van der Waals surface area contributed by atoms with Gasteiger partial charge in [0.15, 0.2) is 0 Å². The number of nitriles is 1. The van der Waals surface area contributed by atoms with Crippen molar-refractivity contribution >= 4 is 11.6 Å². The zero-order valence-electron chi connectivity index (χ0n) is 9.43. The minimum atomic E-state index is -0.692. The minimum absolute atomic E-state index is 0.0305. The first-order valence-corrected chi connectivity index (χ1v) is 4.91. The van der Waals surface area contributed by atoms with E-state index in [0.717, 1.165) is 5.56 Å². The van der Waals surface area contributed by atoms with Crippen LogP contribution in [-0.4, -0.2) is 16.9 Å². The molecule has 1 unspecified atom stereocenters. The molecule has 1 atom stereocenters. The van der Waals surface area contributed by atoms with Crippen molar-refractivity contribution in [3.63, 3.8) is 0 Å². The number of benzene rings is 1. The lowest BCUT2D eigenvalue weighted by Crippen LogP contribution is -2.31. The minimum Gasteiger partial charge on any atom is -0.336 e. The summed E-state index contributed by atoms with van der Waals surface area (Å²) >= 11 is 0. The third-order valence-electron chi connectivity index (χ3n) is 2.13. The van der Waals surface area contributed by atoms with Crippen LogP contribution in [0.5, 0.6) is 0 Å². The third-order valence-corrected chi connectivity index (χ3v) is 2.13. The molecule has 1 N–H and O–H groups in total. The van der Waals surface area contributed by atoms with E-state index >= 15 is 0 Å². The monoisotopic (exact) mass is 233 g/mol. The van der Waals surface area contributed by atoms with Crippen molar-refractivity contribution in [2.45, 2.75) is 19.9 Å². The van der Waals surface area contributed by atoms with Crippen LogP contribution < -0.4 is 5.32 Å². The van der Waals surface area contributed by atoms with E-state index in [1.54, 1.807) is 13.0 Å². The predicted molar refractivity (Wildman–Crippen MR) is 60.4 cm³/mol. The Morgan fingerprint density at radius 1 is 1.59 bits per heavy atom. The normalized spacial score (nSPS) is 11.4. The summed E-state index contributed by atoms with van der Waals surface area (Å²) in [6.07, 6.45) is 0. The van der Waals surface area contributed by atoms with Crippen LogP contribution in [-0.2, 0) is 0 Å². The highest BCUT2D eigenvalue weighted by Gasteiger charge is 2.20. The summed E-state index contributed by atoms with van der Waals surface area (Å²) in [6, 6.07) is 5.40. The van der Waals surface area contributed by atoms with E-state index in [9.17, 15) is 14.9 Å². The summed E-state index contributed by atoms with van der Waals surface area (Å²) in [5.74, 6) is -0.616. The molecule has 1 aromatic rings. The highest BCUT2D eigenvalue weighted by Crippen LogP contribution is 2.19. The maximum absolute atomic E-state index is 11.7. The van der Waals surface area contributed by atoms with Crippen LogP contribution in [0.4, 0.5) is 5.69 Å². The largest absolute Gasteiger partial charge is 0.336 e. The Bertz CT molecular complexity index is 505. The first kappa shape index (κ1) is 12.6. The van der Waals surface area contributed by atoms with Gasteiger partial charge in [-0.25, -0.2) is 0 Å². The van der Waals surface area contributed by atoms with Gasteiger partial charge in [0.2, 0.25) is 0 Å². The van der Waals surface area contributed by atoms with Crippen molar-refractivity contribution < 1.29 is 9.72 Å². The molecular formula is C11H11N3O3. The topological polar surface area (TPSA) is 96.0 Å². The van der Waals surface area contributed by atoms with Crippen LogP contribution >= 0.6 is 0 Å². The molecule has 0 bridgehead atoms. The summed E-state index contributed by atoms with van der Waals surface area (Å²) < 4.78 is 0. The number of aryl methyl sites for hydroxylation is 1.